The SMILES string of the molecule is COCC(C)C(O)C1(C#N)CCCOC1. The number of aliphatic hydroxyl groups excluding tert-OH is 1. The van der Waals surface area contributed by atoms with E-state index in [4.69, 9.17) is 9.47 Å². The van der Waals surface area contributed by atoms with E-state index in [0.717, 1.165) is 6.42 Å². The van der Waals surface area contributed by atoms with E-state index in [9.17, 15) is 10.4 Å². The Morgan fingerprint density at radius 1 is 1.67 bits per heavy atom. The van der Waals surface area contributed by atoms with E-state index in [1.165, 1.54) is 0 Å². The van der Waals surface area contributed by atoms with E-state index in [0.29, 0.717) is 26.2 Å². The van der Waals surface area contributed by atoms with E-state index < -0.39 is 11.5 Å². The van der Waals surface area contributed by atoms with Crippen molar-refractivity contribution in [3.63, 3.8) is 0 Å². The second kappa shape index (κ2) is 5.45. The highest BCUT2D eigenvalue weighted by atomic mass is 16.5. The number of hydrogen-bond donors (Lipinski definition) is 1. The third-order valence-electron chi connectivity index (χ3n) is 3.03. The second-order valence-electron chi connectivity index (χ2n) is 4.30. The fourth-order valence-electron chi connectivity index (χ4n) is 2.10. The molecule has 0 aliphatic carbocycles. The number of nitrogens with zero attached hydrogens (tertiary/aromatic N) is 1. The predicted molar refractivity (Wildman–Crippen MR) is 55.1 cm³/mol. The molecule has 1 rings (SSSR count). The number of aliphatic hydroxyl groups is 1. The van der Waals surface area contributed by atoms with Crippen LogP contribution in [0, 0.1) is 22.7 Å². The molecule has 0 saturated carbocycles. The van der Waals surface area contributed by atoms with Gasteiger partial charge in [0.1, 0.15) is 5.41 Å². The Morgan fingerprint density at radius 2 is 2.40 bits per heavy atom. The van der Waals surface area contributed by atoms with Crippen LogP contribution in [0.5, 0.6) is 0 Å². The molecule has 0 amide bonds. The Hall–Kier alpha value is -0.630. The highest BCUT2D eigenvalue weighted by molar-refractivity contribution is 5.06. The number of hydrogen-bond acceptors (Lipinski definition) is 4. The maximum Gasteiger partial charge on any atom is 0.107 e. The molecule has 4 heteroatoms. The van der Waals surface area contributed by atoms with Gasteiger partial charge in [-0.1, -0.05) is 6.92 Å². The van der Waals surface area contributed by atoms with Crippen LogP contribution in [0.25, 0.3) is 0 Å². The molecule has 1 heterocycles. The first kappa shape index (κ1) is 12.4. The third kappa shape index (κ3) is 2.69. The van der Waals surface area contributed by atoms with Gasteiger partial charge in [-0.05, 0) is 12.8 Å². The average Bonchev–Trinajstić information content (AvgIpc) is 2.29. The van der Waals surface area contributed by atoms with Crippen molar-refractivity contribution in [1.29, 1.82) is 5.26 Å². The molecule has 0 bridgehead atoms. The molecule has 3 unspecified atom stereocenters. The minimum absolute atomic E-state index is 0.0450. The molecule has 3 atom stereocenters. The zero-order chi connectivity index (χ0) is 11.3. The van der Waals surface area contributed by atoms with E-state index in [-0.39, 0.29) is 5.92 Å². The van der Waals surface area contributed by atoms with Gasteiger partial charge < -0.3 is 14.6 Å². The number of methoxy groups -OCH3 is 1. The van der Waals surface area contributed by atoms with Gasteiger partial charge in [-0.2, -0.15) is 5.26 Å². The van der Waals surface area contributed by atoms with Crippen molar-refractivity contribution in [3.05, 3.63) is 0 Å². The number of ether oxygens (including phenoxy) is 2. The molecule has 0 aromatic heterocycles. The van der Waals surface area contributed by atoms with Crippen LogP contribution in [0.3, 0.4) is 0 Å². The van der Waals surface area contributed by atoms with E-state index >= 15 is 0 Å². The average molecular weight is 213 g/mol. The summed E-state index contributed by atoms with van der Waals surface area (Å²) in [4.78, 5) is 0. The topological polar surface area (TPSA) is 62.5 Å². The molecule has 1 aliphatic rings. The first-order valence-corrected chi connectivity index (χ1v) is 5.32. The fourth-order valence-corrected chi connectivity index (χ4v) is 2.10. The van der Waals surface area contributed by atoms with Gasteiger partial charge in [0.25, 0.3) is 0 Å². The first-order chi connectivity index (χ1) is 7.16. The molecule has 1 N–H and O–H groups in total. The minimum atomic E-state index is -0.740. The molecular weight excluding hydrogens is 194 g/mol. The molecule has 15 heavy (non-hydrogen) atoms. The molecule has 4 nitrogen and oxygen atoms in total. The van der Waals surface area contributed by atoms with E-state index in [2.05, 4.69) is 6.07 Å². The molecule has 0 spiro atoms. The van der Waals surface area contributed by atoms with E-state index in [1.807, 2.05) is 6.92 Å². The Bertz CT molecular complexity index is 230. The smallest absolute Gasteiger partial charge is 0.107 e. The summed E-state index contributed by atoms with van der Waals surface area (Å²) < 4.78 is 10.3. The van der Waals surface area contributed by atoms with Gasteiger partial charge >= 0.3 is 0 Å². The molecule has 1 fully saturated rings. The van der Waals surface area contributed by atoms with Gasteiger partial charge in [0.05, 0.1) is 25.4 Å². The molecule has 0 aromatic carbocycles. The zero-order valence-corrected chi connectivity index (χ0v) is 9.40. The van der Waals surface area contributed by atoms with Crippen LogP contribution in [-0.2, 0) is 9.47 Å². The lowest BCUT2D eigenvalue weighted by molar-refractivity contribution is -0.0791. The van der Waals surface area contributed by atoms with Gasteiger partial charge in [0, 0.05) is 19.6 Å². The fraction of sp³-hybridized carbons (Fsp3) is 0.909. The van der Waals surface area contributed by atoms with Crippen LogP contribution < -0.4 is 0 Å². The lowest BCUT2D eigenvalue weighted by Crippen LogP contribution is -2.45. The molecule has 86 valence electrons. The summed E-state index contributed by atoms with van der Waals surface area (Å²) in [5, 5.41) is 19.3. The quantitative estimate of drug-likeness (QED) is 0.755. The first-order valence-electron chi connectivity index (χ1n) is 5.32. The van der Waals surface area contributed by atoms with Gasteiger partial charge in [0.15, 0.2) is 0 Å². The van der Waals surface area contributed by atoms with Crippen LogP contribution in [0.2, 0.25) is 0 Å². The summed E-state index contributed by atoms with van der Waals surface area (Å²) in [7, 11) is 1.60. The molecule has 0 aromatic rings. The Balaban J connectivity index is 2.68. The highest BCUT2D eigenvalue weighted by Crippen LogP contribution is 2.35. The highest BCUT2D eigenvalue weighted by Gasteiger charge is 2.42. The van der Waals surface area contributed by atoms with Crippen molar-refractivity contribution < 1.29 is 14.6 Å². The van der Waals surface area contributed by atoms with Crippen LogP contribution >= 0.6 is 0 Å². The van der Waals surface area contributed by atoms with Crippen LogP contribution in [0.1, 0.15) is 19.8 Å². The normalized spacial score (nSPS) is 30.5. The van der Waals surface area contributed by atoms with E-state index in [1.54, 1.807) is 7.11 Å². The van der Waals surface area contributed by atoms with Crippen LogP contribution in [0.4, 0.5) is 0 Å². The van der Waals surface area contributed by atoms with Crippen LogP contribution in [0.15, 0.2) is 0 Å². The third-order valence-corrected chi connectivity index (χ3v) is 3.03. The van der Waals surface area contributed by atoms with Crippen molar-refractivity contribution in [2.75, 3.05) is 26.9 Å². The Kier molecular flexibility index (Phi) is 4.52. The summed E-state index contributed by atoms with van der Waals surface area (Å²) in [5.41, 5.74) is -0.740. The summed E-state index contributed by atoms with van der Waals surface area (Å²) >= 11 is 0. The molecule has 0 radical (unpaired) electrons. The van der Waals surface area contributed by atoms with Gasteiger partial charge in [-0.3, -0.25) is 0 Å². The molecule has 1 saturated heterocycles. The monoisotopic (exact) mass is 213 g/mol. The van der Waals surface area contributed by atoms with Crippen molar-refractivity contribution >= 4 is 0 Å². The number of nitriles is 1. The largest absolute Gasteiger partial charge is 0.391 e. The zero-order valence-electron chi connectivity index (χ0n) is 9.40. The van der Waals surface area contributed by atoms with Crippen molar-refractivity contribution in [2.24, 2.45) is 11.3 Å². The van der Waals surface area contributed by atoms with Gasteiger partial charge in [-0.15, -0.1) is 0 Å². The van der Waals surface area contributed by atoms with Gasteiger partial charge in [-0.25, -0.2) is 0 Å². The predicted octanol–water partition coefficient (Wildman–Crippen LogP) is 0.950. The lowest BCUT2D eigenvalue weighted by Gasteiger charge is -2.37. The summed E-state index contributed by atoms with van der Waals surface area (Å²) in [6.07, 6.45) is 0.867. The summed E-state index contributed by atoms with van der Waals surface area (Å²) in [5.74, 6) is -0.0450. The number of rotatable bonds is 4. The Labute approximate surface area is 90.8 Å². The molecule has 1 aliphatic heterocycles. The maximum absolute atomic E-state index is 10.1. The molecular formula is C11H19NO3. The second-order valence-corrected chi connectivity index (χ2v) is 4.30. The van der Waals surface area contributed by atoms with Crippen LogP contribution in [-0.4, -0.2) is 38.1 Å². The maximum atomic E-state index is 10.1. The van der Waals surface area contributed by atoms with Gasteiger partial charge in [0.2, 0.25) is 0 Å². The van der Waals surface area contributed by atoms with Crippen molar-refractivity contribution in [1.82, 2.24) is 0 Å². The summed E-state index contributed by atoms with van der Waals surface area (Å²) in [6, 6.07) is 2.23. The van der Waals surface area contributed by atoms with Crippen molar-refractivity contribution in [2.45, 2.75) is 25.9 Å². The Morgan fingerprint density at radius 3 is 2.87 bits per heavy atom. The lowest BCUT2D eigenvalue weighted by atomic mass is 9.74. The standard InChI is InChI=1S/C11H19NO3/c1-9(6-14-2)10(13)11(7-12)4-3-5-15-8-11/h9-10,13H,3-6,8H2,1-2H3. The summed E-state index contributed by atoms with van der Waals surface area (Å²) in [6.45, 7) is 3.37. The van der Waals surface area contributed by atoms with Crippen molar-refractivity contribution in [3.8, 4) is 6.07 Å². The minimum Gasteiger partial charge on any atom is -0.391 e.